The van der Waals surface area contributed by atoms with Gasteiger partial charge in [0.25, 0.3) is 0 Å². The molecule has 1 aliphatic carbocycles. The Bertz CT molecular complexity index is 932. The van der Waals surface area contributed by atoms with Crippen LogP contribution < -0.4 is 4.90 Å². The second-order valence-corrected chi connectivity index (χ2v) is 8.59. The van der Waals surface area contributed by atoms with Crippen LogP contribution in [0, 0.1) is 11.8 Å². The van der Waals surface area contributed by atoms with Gasteiger partial charge in [-0.2, -0.15) is 0 Å². The fraction of sp³-hybridized carbons (Fsp3) is 0.391. The van der Waals surface area contributed by atoms with E-state index in [-0.39, 0.29) is 42.5 Å². The molecule has 2 unspecified atom stereocenters. The van der Waals surface area contributed by atoms with Gasteiger partial charge in [0.15, 0.2) is 5.13 Å². The summed E-state index contributed by atoms with van der Waals surface area (Å²) in [5.41, 5.74) is 1.80. The minimum Gasteiger partial charge on any atom is -0.284 e. The number of anilines is 1. The molecule has 4 rings (SSSR count). The number of carbonyl (C=O) groups excluding carboxylic acids is 3. The molecule has 0 spiro atoms. The third kappa shape index (κ3) is 3.94. The Balaban J connectivity index is 1.44. The van der Waals surface area contributed by atoms with Gasteiger partial charge in [-0.05, 0) is 12.8 Å². The summed E-state index contributed by atoms with van der Waals surface area (Å²) in [5, 5.41) is 2.51. The zero-order chi connectivity index (χ0) is 21.1. The predicted octanol–water partition coefficient (Wildman–Crippen LogP) is 3.89. The lowest BCUT2D eigenvalue weighted by molar-refractivity contribution is -0.140. The summed E-state index contributed by atoms with van der Waals surface area (Å²) in [4.78, 5) is 45.7. The van der Waals surface area contributed by atoms with Crippen molar-refractivity contribution in [2.45, 2.75) is 32.1 Å². The Morgan fingerprint density at radius 1 is 1.17 bits per heavy atom. The van der Waals surface area contributed by atoms with Crippen LogP contribution in [0.4, 0.5) is 5.13 Å². The van der Waals surface area contributed by atoms with E-state index in [0.717, 1.165) is 36.9 Å². The zero-order valence-corrected chi connectivity index (χ0v) is 17.6. The molecule has 1 aromatic carbocycles. The SMILES string of the molecule is C=CCN(C(=O)CCN1C(=O)C2CCCCC2C1=O)c1nc(-c2ccccc2)cs1. The number of nitrogens with zero attached hydrogens (tertiary/aromatic N) is 3. The zero-order valence-electron chi connectivity index (χ0n) is 16.8. The topological polar surface area (TPSA) is 70.6 Å². The highest BCUT2D eigenvalue weighted by atomic mass is 32.1. The van der Waals surface area contributed by atoms with Crippen molar-refractivity contribution < 1.29 is 14.4 Å². The lowest BCUT2D eigenvalue weighted by Crippen LogP contribution is -2.37. The fourth-order valence-corrected chi connectivity index (χ4v) is 5.20. The number of fused-ring (bicyclic) bond motifs is 1. The number of carbonyl (C=O) groups is 3. The smallest absolute Gasteiger partial charge is 0.233 e. The van der Waals surface area contributed by atoms with Crippen LogP contribution in [0.15, 0.2) is 48.4 Å². The van der Waals surface area contributed by atoms with E-state index in [2.05, 4.69) is 11.6 Å². The molecule has 2 aliphatic rings. The summed E-state index contributed by atoms with van der Waals surface area (Å²) in [6.07, 6.45) is 5.29. The normalized spacial score (nSPS) is 20.9. The Hall–Kier alpha value is -2.80. The standard InChI is InChI=1S/C23H25N3O3S/c1-2-13-25(23-24-19(15-30-23)16-8-4-3-5-9-16)20(27)12-14-26-21(28)17-10-6-7-11-18(17)22(26)29/h2-5,8-9,15,17-18H,1,6-7,10-14H2. The molecule has 30 heavy (non-hydrogen) atoms. The van der Waals surface area contributed by atoms with Gasteiger partial charge in [-0.1, -0.05) is 49.2 Å². The number of amides is 3. The Morgan fingerprint density at radius 3 is 2.47 bits per heavy atom. The van der Waals surface area contributed by atoms with Crippen molar-refractivity contribution >= 4 is 34.2 Å². The maximum Gasteiger partial charge on any atom is 0.233 e. The third-order valence-corrected chi connectivity index (χ3v) is 6.75. The summed E-state index contributed by atoms with van der Waals surface area (Å²) in [7, 11) is 0. The first-order chi connectivity index (χ1) is 14.6. The van der Waals surface area contributed by atoms with Gasteiger partial charge in [0.1, 0.15) is 0 Å². The molecule has 1 aromatic heterocycles. The molecule has 2 fully saturated rings. The molecule has 6 nitrogen and oxygen atoms in total. The molecule has 0 radical (unpaired) electrons. The van der Waals surface area contributed by atoms with Crippen LogP contribution in [0.3, 0.4) is 0 Å². The fourth-order valence-electron chi connectivity index (χ4n) is 4.34. The van der Waals surface area contributed by atoms with Crippen molar-refractivity contribution in [1.29, 1.82) is 0 Å². The monoisotopic (exact) mass is 423 g/mol. The summed E-state index contributed by atoms with van der Waals surface area (Å²) in [5.74, 6) is -0.739. The highest BCUT2D eigenvalue weighted by Gasteiger charge is 2.47. The van der Waals surface area contributed by atoms with E-state index >= 15 is 0 Å². The average Bonchev–Trinajstić information content (AvgIpc) is 3.35. The molecule has 0 bridgehead atoms. The Kier molecular flexibility index (Phi) is 6.08. The molecule has 2 atom stereocenters. The maximum atomic E-state index is 13.0. The van der Waals surface area contributed by atoms with Gasteiger partial charge in [0.2, 0.25) is 17.7 Å². The number of benzene rings is 1. The van der Waals surface area contributed by atoms with E-state index in [1.807, 2.05) is 35.7 Å². The highest BCUT2D eigenvalue weighted by molar-refractivity contribution is 7.14. The maximum absolute atomic E-state index is 13.0. The highest BCUT2D eigenvalue weighted by Crippen LogP contribution is 2.38. The number of likely N-dealkylation sites (tertiary alicyclic amines) is 1. The van der Waals surface area contributed by atoms with Gasteiger partial charge in [-0.15, -0.1) is 17.9 Å². The Labute approximate surface area is 180 Å². The van der Waals surface area contributed by atoms with Gasteiger partial charge in [0.05, 0.1) is 17.5 Å². The molecular formula is C23H25N3O3S. The molecule has 1 aliphatic heterocycles. The van der Waals surface area contributed by atoms with Crippen molar-refractivity contribution in [3.8, 4) is 11.3 Å². The van der Waals surface area contributed by atoms with E-state index in [4.69, 9.17) is 0 Å². The number of imide groups is 1. The number of aromatic nitrogens is 1. The molecule has 156 valence electrons. The quantitative estimate of drug-likeness (QED) is 0.500. The van der Waals surface area contributed by atoms with Gasteiger partial charge >= 0.3 is 0 Å². The summed E-state index contributed by atoms with van der Waals surface area (Å²) in [6, 6.07) is 9.79. The van der Waals surface area contributed by atoms with Crippen LogP contribution in [0.5, 0.6) is 0 Å². The summed E-state index contributed by atoms with van der Waals surface area (Å²) in [6.45, 7) is 4.21. The molecular weight excluding hydrogens is 398 g/mol. The van der Waals surface area contributed by atoms with E-state index in [1.54, 1.807) is 11.0 Å². The lowest BCUT2D eigenvalue weighted by Gasteiger charge is -2.20. The largest absolute Gasteiger partial charge is 0.284 e. The van der Waals surface area contributed by atoms with E-state index in [9.17, 15) is 14.4 Å². The minimum atomic E-state index is -0.182. The lowest BCUT2D eigenvalue weighted by atomic mass is 9.81. The van der Waals surface area contributed by atoms with Crippen LogP contribution in [0.25, 0.3) is 11.3 Å². The Morgan fingerprint density at radius 2 is 1.83 bits per heavy atom. The van der Waals surface area contributed by atoms with Gasteiger partial charge in [-0.25, -0.2) is 4.98 Å². The van der Waals surface area contributed by atoms with Crippen LogP contribution in [0.1, 0.15) is 32.1 Å². The summed E-state index contributed by atoms with van der Waals surface area (Å²) < 4.78 is 0. The van der Waals surface area contributed by atoms with Crippen molar-refractivity contribution in [2.75, 3.05) is 18.0 Å². The number of hydrogen-bond donors (Lipinski definition) is 0. The van der Waals surface area contributed by atoms with E-state index in [0.29, 0.717) is 11.7 Å². The average molecular weight is 424 g/mol. The molecule has 2 heterocycles. The van der Waals surface area contributed by atoms with Crippen LogP contribution in [-0.4, -0.2) is 40.7 Å². The van der Waals surface area contributed by atoms with Gasteiger partial charge in [-0.3, -0.25) is 24.2 Å². The van der Waals surface area contributed by atoms with Crippen LogP contribution in [0.2, 0.25) is 0 Å². The molecule has 1 saturated carbocycles. The predicted molar refractivity (Wildman–Crippen MR) is 117 cm³/mol. The van der Waals surface area contributed by atoms with Crippen LogP contribution in [-0.2, 0) is 14.4 Å². The van der Waals surface area contributed by atoms with Gasteiger partial charge < -0.3 is 0 Å². The first-order valence-electron chi connectivity index (χ1n) is 10.4. The van der Waals surface area contributed by atoms with Gasteiger partial charge in [0, 0.05) is 30.5 Å². The molecule has 7 heteroatoms. The number of rotatable bonds is 7. The summed E-state index contributed by atoms with van der Waals surface area (Å²) >= 11 is 1.39. The van der Waals surface area contributed by atoms with E-state index < -0.39 is 0 Å². The molecule has 0 N–H and O–H groups in total. The van der Waals surface area contributed by atoms with Crippen molar-refractivity contribution in [3.05, 3.63) is 48.4 Å². The number of hydrogen-bond acceptors (Lipinski definition) is 5. The van der Waals surface area contributed by atoms with Crippen LogP contribution >= 0.6 is 11.3 Å². The van der Waals surface area contributed by atoms with E-state index in [1.165, 1.54) is 16.2 Å². The van der Waals surface area contributed by atoms with Crippen molar-refractivity contribution in [2.24, 2.45) is 11.8 Å². The molecule has 2 aromatic rings. The number of thiazole rings is 1. The third-order valence-electron chi connectivity index (χ3n) is 5.89. The first-order valence-corrected chi connectivity index (χ1v) is 11.3. The second-order valence-electron chi connectivity index (χ2n) is 7.75. The molecule has 1 saturated heterocycles. The first kappa shape index (κ1) is 20.5. The molecule has 3 amide bonds. The van der Waals surface area contributed by atoms with Crippen molar-refractivity contribution in [1.82, 2.24) is 9.88 Å². The second kappa shape index (κ2) is 8.92. The minimum absolute atomic E-state index is 0.0883. The van der Waals surface area contributed by atoms with Crippen molar-refractivity contribution in [3.63, 3.8) is 0 Å².